The summed E-state index contributed by atoms with van der Waals surface area (Å²) in [6.45, 7) is 5.35. The van der Waals surface area contributed by atoms with E-state index in [0.717, 1.165) is 49.0 Å². The Morgan fingerprint density at radius 2 is 1.81 bits per heavy atom. The summed E-state index contributed by atoms with van der Waals surface area (Å²) in [6.07, 6.45) is 5.76. The van der Waals surface area contributed by atoms with Gasteiger partial charge in [-0.05, 0) is 86.9 Å². The van der Waals surface area contributed by atoms with Crippen molar-refractivity contribution in [3.05, 3.63) is 35.9 Å². The van der Waals surface area contributed by atoms with E-state index >= 15 is 0 Å². The van der Waals surface area contributed by atoms with Gasteiger partial charge < -0.3 is 26.3 Å². The SMILES string of the molecule is CC(C)C[C@@H](NCCCOc1ccc(-c2cc(C(N)=O)c(NC(N)=O)s2)cc1)C(=O)OC1CCCC1. The fraction of sp³-hybridized carbons (Fsp3) is 0.500. The minimum Gasteiger partial charge on any atom is -0.494 e. The molecule has 1 aromatic heterocycles. The predicted octanol–water partition coefficient (Wildman–Crippen LogP) is 4.26. The average Bonchev–Trinajstić information content (AvgIpc) is 3.48. The maximum Gasteiger partial charge on any atom is 0.323 e. The third kappa shape index (κ3) is 8.23. The van der Waals surface area contributed by atoms with Gasteiger partial charge in [0, 0.05) is 4.88 Å². The number of anilines is 1. The minimum atomic E-state index is -0.759. The van der Waals surface area contributed by atoms with Crippen LogP contribution < -0.4 is 26.8 Å². The number of primary amides is 2. The van der Waals surface area contributed by atoms with Crippen LogP contribution in [0, 0.1) is 5.92 Å². The molecule has 3 amide bonds. The van der Waals surface area contributed by atoms with Gasteiger partial charge in [-0.1, -0.05) is 13.8 Å². The minimum absolute atomic E-state index is 0.0721. The summed E-state index contributed by atoms with van der Waals surface area (Å²) >= 11 is 1.22. The molecule has 9 nitrogen and oxygen atoms in total. The van der Waals surface area contributed by atoms with Gasteiger partial charge in [-0.25, -0.2) is 4.79 Å². The van der Waals surface area contributed by atoms with Gasteiger partial charge in [0.2, 0.25) is 0 Å². The summed E-state index contributed by atoms with van der Waals surface area (Å²) in [5.74, 6) is 0.311. The number of hydrogen-bond acceptors (Lipinski definition) is 7. The van der Waals surface area contributed by atoms with Crippen LogP contribution in [0.4, 0.5) is 9.80 Å². The van der Waals surface area contributed by atoms with E-state index in [1.807, 2.05) is 24.3 Å². The molecule has 0 unspecified atom stereocenters. The number of ether oxygens (including phenoxy) is 2. The van der Waals surface area contributed by atoms with Gasteiger partial charge in [-0.15, -0.1) is 11.3 Å². The molecule has 1 heterocycles. The van der Waals surface area contributed by atoms with Gasteiger partial charge in [0.05, 0.1) is 12.2 Å². The molecule has 2 aromatic rings. The summed E-state index contributed by atoms with van der Waals surface area (Å²) < 4.78 is 11.6. The lowest BCUT2D eigenvalue weighted by Crippen LogP contribution is -2.41. The zero-order valence-corrected chi connectivity index (χ0v) is 21.7. The molecule has 1 saturated carbocycles. The molecule has 1 aliphatic carbocycles. The second-order valence-corrected chi connectivity index (χ2v) is 10.5. The van der Waals surface area contributed by atoms with Crippen molar-refractivity contribution < 1.29 is 23.9 Å². The summed E-state index contributed by atoms with van der Waals surface area (Å²) in [5, 5.41) is 6.10. The molecule has 10 heteroatoms. The zero-order valence-electron chi connectivity index (χ0n) is 20.9. The highest BCUT2D eigenvalue weighted by Gasteiger charge is 2.25. The lowest BCUT2D eigenvalue weighted by molar-refractivity contribution is -0.151. The Balaban J connectivity index is 1.47. The monoisotopic (exact) mass is 516 g/mol. The van der Waals surface area contributed by atoms with Crippen LogP contribution in [0.15, 0.2) is 30.3 Å². The summed E-state index contributed by atoms with van der Waals surface area (Å²) in [4.78, 5) is 36.2. The summed E-state index contributed by atoms with van der Waals surface area (Å²) in [6, 6.07) is 8.00. The normalized spacial score (nSPS) is 14.5. The van der Waals surface area contributed by atoms with Crippen molar-refractivity contribution in [1.82, 2.24) is 5.32 Å². The lowest BCUT2D eigenvalue weighted by Gasteiger charge is -2.21. The number of nitrogens with one attached hydrogen (secondary N) is 2. The molecular weight excluding hydrogens is 480 g/mol. The standard InChI is InChI=1S/C26H36N4O5S/c1-16(2)14-21(25(32)35-19-6-3-4-7-19)29-12-5-13-34-18-10-8-17(9-11-18)22-15-20(23(27)31)24(36-22)30-26(28)33/h8-11,15-16,19,21,29H,3-7,12-14H2,1-2H3,(H2,27,31)(H3,28,30,33)/t21-/m1/s1. The fourth-order valence-corrected chi connectivity index (χ4v) is 5.23. The number of rotatable bonds is 13. The number of carbonyl (C=O) groups is 3. The maximum atomic E-state index is 12.6. The van der Waals surface area contributed by atoms with E-state index in [4.69, 9.17) is 20.9 Å². The van der Waals surface area contributed by atoms with Crippen molar-refractivity contribution in [3.8, 4) is 16.2 Å². The number of urea groups is 1. The van der Waals surface area contributed by atoms with Gasteiger partial charge >= 0.3 is 12.0 Å². The third-order valence-electron chi connectivity index (χ3n) is 5.93. The summed E-state index contributed by atoms with van der Waals surface area (Å²) in [7, 11) is 0. The highest BCUT2D eigenvalue weighted by molar-refractivity contribution is 7.20. The van der Waals surface area contributed by atoms with Crippen LogP contribution >= 0.6 is 11.3 Å². The molecule has 1 aliphatic rings. The van der Waals surface area contributed by atoms with Crippen LogP contribution in [0.25, 0.3) is 10.4 Å². The predicted molar refractivity (Wildman–Crippen MR) is 141 cm³/mol. The van der Waals surface area contributed by atoms with E-state index in [1.165, 1.54) is 11.3 Å². The Morgan fingerprint density at radius 1 is 1.11 bits per heavy atom. The molecule has 1 aromatic carbocycles. The van der Waals surface area contributed by atoms with Crippen LogP contribution in [0.2, 0.25) is 0 Å². The third-order valence-corrected chi connectivity index (χ3v) is 7.03. The molecular formula is C26H36N4O5S. The first-order valence-electron chi connectivity index (χ1n) is 12.4. The van der Waals surface area contributed by atoms with Crippen LogP contribution in [0.1, 0.15) is 62.7 Å². The van der Waals surface area contributed by atoms with Crippen LogP contribution in [-0.2, 0) is 9.53 Å². The fourth-order valence-electron chi connectivity index (χ4n) is 4.16. The van der Waals surface area contributed by atoms with E-state index in [9.17, 15) is 14.4 Å². The topological polar surface area (TPSA) is 146 Å². The molecule has 0 saturated heterocycles. The molecule has 1 fully saturated rings. The number of benzene rings is 1. The van der Waals surface area contributed by atoms with Gasteiger partial charge in [0.15, 0.2) is 0 Å². The van der Waals surface area contributed by atoms with Crippen molar-refractivity contribution in [1.29, 1.82) is 0 Å². The average molecular weight is 517 g/mol. The molecule has 0 spiro atoms. The van der Waals surface area contributed by atoms with Crippen molar-refractivity contribution in [2.45, 2.75) is 64.5 Å². The Morgan fingerprint density at radius 3 is 2.42 bits per heavy atom. The van der Waals surface area contributed by atoms with E-state index in [2.05, 4.69) is 24.5 Å². The smallest absolute Gasteiger partial charge is 0.323 e. The van der Waals surface area contributed by atoms with Crippen molar-refractivity contribution in [3.63, 3.8) is 0 Å². The van der Waals surface area contributed by atoms with E-state index in [-0.39, 0.29) is 23.7 Å². The first-order valence-corrected chi connectivity index (χ1v) is 13.2. The quantitative estimate of drug-likeness (QED) is 0.231. The second kappa shape index (κ2) is 13.3. The number of nitrogens with two attached hydrogens (primary N) is 2. The lowest BCUT2D eigenvalue weighted by atomic mass is 10.0. The molecule has 36 heavy (non-hydrogen) atoms. The highest BCUT2D eigenvalue weighted by atomic mass is 32.1. The molecule has 0 bridgehead atoms. The van der Waals surface area contributed by atoms with Crippen molar-refractivity contribution in [2.75, 3.05) is 18.5 Å². The Hall–Kier alpha value is -3.11. The largest absolute Gasteiger partial charge is 0.494 e. The van der Waals surface area contributed by atoms with Gasteiger partial charge in [0.1, 0.15) is 22.9 Å². The molecule has 6 N–H and O–H groups in total. The molecule has 0 radical (unpaired) electrons. The van der Waals surface area contributed by atoms with E-state index < -0.39 is 11.9 Å². The zero-order chi connectivity index (χ0) is 26.1. The molecule has 196 valence electrons. The molecule has 1 atom stereocenters. The van der Waals surface area contributed by atoms with Gasteiger partial charge in [-0.2, -0.15) is 0 Å². The first kappa shape index (κ1) is 27.5. The molecule has 0 aliphatic heterocycles. The van der Waals surface area contributed by atoms with Crippen LogP contribution in [0.3, 0.4) is 0 Å². The van der Waals surface area contributed by atoms with E-state index in [0.29, 0.717) is 29.8 Å². The highest BCUT2D eigenvalue weighted by Crippen LogP contribution is 2.36. The summed E-state index contributed by atoms with van der Waals surface area (Å²) in [5.41, 5.74) is 11.6. The number of esters is 1. The number of thiophene rings is 1. The van der Waals surface area contributed by atoms with E-state index in [1.54, 1.807) is 6.07 Å². The maximum absolute atomic E-state index is 12.6. The Labute approximate surface area is 215 Å². The van der Waals surface area contributed by atoms with Gasteiger partial charge in [0.25, 0.3) is 5.91 Å². The Bertz CT molecular complexity index is 1030. The van der Waals surface area contributed by atoms with Crippen molar-refractivity contribution in [2.24, 2.45) is 17.4 Å². The number of hydrogen-bond donors (Lipinski definition) is 4. The van der Waals surface area contributed by atoms with Crippen LogP contribution in [-0.4, -0.2) is 43.2 Å². The van der Waals surface area contributed by atoms with Crippen molar-refractivity contribution >= 4 is 34.2 Å². The number of carbonyl (C=O) groups excluding carboxylic acids is 3. The first-order chi connectivity index (χ1) is 17.2. The van der Waals surface area contributed by atoms with Crippen LogP contribution in [0.5, 0.6) is 5.75 Å². The van der Waals surface area contributed by atoms with Gasteiger partial charge in [-0.3, -0.25) is 14.9 Å². The molecule has 3 rings (SSSR count). The number of amides is 3. The second-order valence-electron chi connectivity index (χ2n) is 9.41. The Kier molecular flexibility index (Phi) is 10.1.